The molecule has 0 fully saturated rings. The topological polar surface area (TPSA) is 55.8 Å². The molecule has 1 amide bonds. The van der Waals surface area contributed by atoms with E-state index in [1.54, 1.807) is 13.8 Å². The van der Waals surface area contributed by atoms with Crippen LogP contribution in [0.2, 0.25) is 0 Å². The molecule has 0 spiro atoms. The van der Waals surface area contributed by atoms with E-state index in [-0.39, 0.29) is 18.7 Å². The van der Waals surface area contributed by atoms with Crippen LogP contribution >= 0.6 is 0 Å². The Kier molecular flexibility index (Phi) is 5.36. The van der Waals surface area contributed by atoms with Crippen LogP contribution in [0.4, 0.5) is 4.79 Å². The number of carbonyl (C=O) groups excluding carboxylic acids is 2. The average Bonchev–Trinajstić information content (AvgIpc) is 2.13. The van der Waals surface area contributed by atoms with Gasteiger partial charge >= 0.3 is 12.1 Å². The zero-order valence-corrected chi connectivity index (χ0v) is 8.70. The fourth-order valence-corrected chi connectivity index (χ4v) is 0.604. The summed E-state index contributed by atoms with van der Waals surface area (Å²) in [4.78, 5) is 26.9. The first-order valence-corrected chi connectivity index (χ1v) is 4.35. The van der Waals surface area contributed by atoms with Gasteiger partial charge in [0.1, 0.15) is 0 Å². The highest BCUT2D eigenvalue weighted by atomic mass is 16.7. The van der Waals surface area contributed by atoms with Gasteiger partial charge in [0.15, 0.2) is 0 Å². The highest BCUT2D eigenvalue weighted by molar-refractivity contribution is 5.87. The first-order chi connectivity index (χ1) is 6.52. The van der Waals surface area contributed by atoms with Gasteiger partial charge in [0.05, 0.1) is 13.2 Å². The largest absolute Gasteiger partial charge is 0.448 e. The second kappa shape index (κ2) is 6.01. The number of carbonyl (C=O) groups is 2. The highest BCUT2D eigenvalue weighted by Gasteiger charge is 2.17. The fraction of sp³-hybridized carbons (Fsp3) is 0.556. The molecule has 0 bridgehead atoms. The van der Waals surface area contributed by atoms with E-state index >= 15 is 0 Å². The lowest BCUT2D eigenvalue weighted by atomic mass is 10.4. The van der Waals surface area contributed by atoms with Gasteiger partial charge in [0.25, 0.3) is 0 Å². The van der Waals surface area contributed by atoms with Crippen molar-refractivity contribution in [1.82, 2.24) is 5.06 Å². The number of amides is 1. The molecule has 0 aromatic heterocycles. The number of nitrogens with zero attached hydrogens (tertiary/aromatic N) is 1. The molecule has 5 heteroatoms. The minimum atomic E-state index is -0.676. The number of hydrogen-bond acceptors (Lipinski definition) is 4. The first-order valence-electron chi connectivity index (χ1n) is 4.35. The monoisotopic (exact) mass is 201 g/mol. The molecule has 0 aromatic carbocycles. The van der Waals surface area contributed by atoms with E-state index < -0.39 is 12.1 Å². The van der Waals surface area contributed by atoms with Gasteiger partial charge < -0.3 is 9.57 Å². The van der Waals surface area contributed by atoms with E-state index in [9.17, 15) is 9.59 Å². The van der Waals surface area contributed by atoms with Gasteiger partial charge in [0, 0.05) is 5.57 Å². The Bertz CT molecular complexity index is 237. The maximum absolute atomic E-state index is 11.1. The Morgan fingerprint density at radius 2 is 1.93 bits per heavy atom. The normalized spacial score (nSPS) is 9.07. The van der Waals surface area contributed by atoms with E-state index in [1.807, 2.05) is 0 Å². The van der Waals surface area contributed by atoms with Crippen LogP contribution in [0, 0.1) is 0 Å². The Morgan fingerprint density at radius 3 is 2.29 bits per heavy atom. The molecule has 0 radical (unpaired) electrons. The van der Waals surface area contributed by atoms with Crippen LogP contribution in [0.15, 0.2) is 12.2 Å². The third-order valence-electron chi connectivity index (χ3n) is 1.30. The quantitative estimate of drug-likeness (QED) is 0.513. The Hall–Kier alpha value is -1.52. The lowest BCUT2D eigenvalue weighted by Gasteiger charge is -2.18. The van der Waals surface area contributed by atoms with Crippen molar-refractivity contribution >= 4 is 12.1 Å². The molecular weight excluding hydrogens is 186 g/mol. The van der Waals surface area contributed by atoms with Gasteiger partial charge in [-0.05, 0) is 20.8 Å². The smallest absolute Gasteiger partial charge is 0.443 e. The van der Waals surface area contributed by atoms with Crippen molar-refractivity contribution in [2.75, 3.05) is 13.2 Å². The summed E-state index contributed by atoms with van der Waals surface area (Å²) in [6.45, 7) is 8.71. The van der Waals surface area contributed by atoms with Crippen LogP contribution in [0.3, 0.4) is 0 Å². The average molecular weight is 201 g/mol. The second-order valence-corrected chi connectivity index (χ2v) is 2.55. The van der Waals surface area contributed by atoms with E-state index in [1.165, 1.54) is 6.92 Å². The summed E-state index contributed by atoms with van der Waals surface area (Å²) < 4.78 is 4.66. The predicted molar refractivity (Wildman–Crippen MR) is 50.3 cm³/mol. The summed E-state index contributed by atoms with van der Waals surface area (Å²) in [6, 6.07) is 0. The van der Waals surface area contributed by atoms with Crippen LogP contribution in [0.25, 0.3) is 0 Å². The highest BCUT2D eigenvalue weighted by Crippen LogP contribution is 2.00. The third kappa shape index (κ3) is 3.93. The summed E-state index contributed by atoms with van der Waals surface area (Å²) >= 11 is 0. The van der Waals surface area contributed by atoms with Crippen molar-refractivity contribution in [1.29, 1.82) is 0 Å². The first kappa shape index (κ1) is 12.5. The number of rotatable bonds is 3. The summed E-state index contributed by atoms with van der Waals surface area (Å²) in [5.41, 5.74) is 0.229. The molecule has 0 saturated carbocycles. The van der Waals surface area contributed by atoms with Crippen LogP contribution in [0.5, 0.6) is 0 Å². The third-order valence-corrected chi connectivity index (χ3v) is 1.30. The van der Waals surface area contributed by atoms with Crippen molar-refractivity contribution in [2.45, 2.75) is 20.8 Å². The summed E-state index contributed by atoms with van der Waals surface area (Å²) in [5.74, 6) is -0.639. The van der Waals surface area contributed by atoms with Crippen LogP contribution in [0.1, 0.15) is 20.8 Å². The molecule has 0 aliphatic heterocycles. The Balaban J connectivity index is 4.21. The number of hydroxylamine groups is 2. The lowest BCUT2D eigenvalue weighted by Crippen LogP contribution is -2.34. The molecule has 14 heavy (non-hydrogen) atoms. The molecular formula is C9H15NO4. The maximum Gasteiger partial charge on any atom is 0.443 e. The van der Waals surface area contributed by atoms with Gasteiger partial charge in [-0.15, -0.1) is 5.06 Å². The van der Waals surface area contributed by atoms with Gasteiger partial charge in [-0.1, -0.05) is 6.58 Å². The molecule has 0 saturated heterocycles. The van der Waals surface area contributed by atoms with Crippen LogP contribution < -0.4 is 0 Å². The van der Waals surface area contributed by atoms with Gasteiger partial charge in [-0.25, -0.2) is 9.59 Å². The minimum absolute atomic E-state index is 0.229. The summed E-state index contributed by atoms with van der Waals surface area (Å²) in [7, 11) is 0. The van der Waals surface area contributed by atoms with Crippen molar-refractivity contribution in [3.63, 3.8) is 0 Å². The number of ether oxygens (including phenoxy) is 1. The maximum atomic E-state index is 11.1. The van der Waals surface area contributed by atoms with Crippen molar-refractivity contribution in [3.8, 4) is 0 Å². The molecule has 0 heterocycles. The molecule has 0 unspecified atom stereocenters. The van der Waals surface area contributed by atoms with Gasteiger partial charge in [-0.2, -0.15) is 0 Å². The molecule has 80 valence electrons. The van der Waals surface area contributed by atoms with Gasteiger partial charge in [0.2, 0.25) is 0 Å². The van der Waals surface area contributed by atoms with Crippen LogP contribution in [-0.2, 0) is 14.4 Å². The van der Waals surface area contributed by atoms with E-state index in [0.29, 0.717) is 0 Å². The molecule has 0 aliphatic rings. The fourth-order valence-electron chi connectivity index (χ4n) is 0.604. The molecule has 0 atom stereocenters. The van der Waals surface area contributed by atoms with Crippen molar-refractivity contribution in [3.05, 3.63) is 12.2 Å². The summed E-state index contributed by atoms with van der Waals surface area (Å²) in [5, 5.41) is 0.848. The standard InChI is InChI=1S/C9H15NO4/c1-5-10(9(12)13-6-2)14-8(11)7(3)4/h3,5-6H2,1-2,4H3. The second-order valence-electron chi connectivity index (χ2n) is 2.55. The molecule has 0 aliphatic carbocycles. The molecule has 0 N–H and O–H groups in total. The molecule has 0 aromatic rings. The zero-order chi connectivity index (χ0) is 11.1. The number of hydrogen-bond donors (Lipinski definition) is 0. The Morgan fingerprint density at radius 1 is 1.36 bits per heavy atom. The molecule has 0 rings (SSSR count). The van der Waals surface area contributed by atoms with E-state index in [4.69, 9.17) is 4.84 Å². The van der Waals surface area contributed by atoms with Gasteiger partial charge in [-0.3, -0.25) is 0 Å². The van der Waals surface area contributed by atoms with E-state index in [0.717, 1.165) is 5.06 Å². The molecule has 5 nitrogen and oxygen atoms in total. The lowest BCUT2D eigenvalue weighted by molar-refractivity contribution is -0.175. The van der Waals surface area contributed by atoms with E-state index in [2.05, 4.69) is 11.3 Å². The SMILES string of the molecule is C=C(C)C(=O)ON(CC)C(=O)OCC. The zero-order valence-electron chi connectivity index (χ0n) is 8.70. The Labute approximate surface area is 83.2 Å². The van der Waals surface area contributed by atoms with Crippen molar-refractivity contribution < 1.29 is 19.2 Å². The minimum Gasteiger partial charge on any atom is -0.448 e. The predicted octanol–water partition coefficient (Wildman–Crippen LogP) is 1.50. The van der Waals surface area contributed by atoms with Crippen LogP contribution in [-0.4, -0.2) is 30.3 Å². The summed E-state index contributed by atoms with van der Waals surface area (Å²) in [6.07, 6.45) is -0.676. The van der Waals surface area contributed by atoms with Crippen molar-refractivity contribution in [2.24, 2.45) is 0 Å².